The molecule has 0 spiro atoms. The van der Waals surface area contributed by atoms with E-state index in [9.17, 15) is 4.79 Å². The summed E-state index contributed by atoms with van der Waals surface area (Å²) in [4.78, 5) is 19.5. The molecule has 4 nitrogen and oxygen atoms in total. The zero-order chi connectivity index (χ0) is 18.1. The minimum absolute atomic E-state index is 0.115. The van der Waals surface area contributed by atoms with Gasteiger partial charge in [-0.2, -0.15) is 0 Å². The Labute approximate surface area is 160 Å². The lowest BCUT2D eigenvalue weighted by Gasteiger charge is -2.32. The molecular weight excluding hydrogens is 356 g/mol. The van der Waals surface area contributed by atoms with E-state index in [0.29, 0.717) is 29.7 Å². The summed E-state index contributed by atoms with van der Waals surface area (Å²) in [6.45, 7) is 6.93. The summed E-state index contributed by atoms with van der Waals surface area (Å²) in [5.41, 5.74) is 0. The molecule has 0 aliphatic carbocycles. The van der Waals surface area contributed by atoms with E-state index in [4.69, 9.17) is 16.3 Å². The number of thioether (sulfide) groups is 1. The van der Waals surface area contributed by atoms with E-state index in [2.05, 4.69) is 23.7 Å². The van der Waals surface area contributed by atoms with Gasteiger partial charge in [0.2, 0.25) is 0 Å². The Hall–Kier alpha value is -0.940. The van der Waals surface area contributed by atoms with Crippen molar-refractivity contribution in [3.8, 4) is 0 Å². The predicted molar refractivity (Wildman–Crippen MR) is 106 cm³/mol. The van der Waals surface area contributed by atoms with Crippen LogP contribution in [0.2, 0.25) is 5.02 Å². The number of rotatable bonds is 11. The topological polar surface area (TPSA) is 42.4 Å². The molecule has 0 saturated carbocycles. The maximum Gasteiger partial charge on any atom is 0.306 e. The van der Waals surface area contributed by atoms with Gasteiger partial charge < -0.3 is 9.64 Å². The van der Waals surface area contributed by atoms with Crippen LogP contribution in [0.25, 0.3) is 0 Å². The number of ether oxygens (including phenoxy) is 1. The van der Waals surface area contributed by atoms with E-state index in [1.807, 2.05) is 6.07 Å². The Morgan fingerprint density at radius 2 is 2.24 bits per heavy atom. The lowest BCUT2D eigenvalue weighted by molar-refractivity contribution is -0.144. The maximum atomic E-state index is 12.0. The highest BCUT2D eigenvalue weighted by Crippen LogP contribution is 2.35. The van der Waals surface area contributed by atoms with E-state index in [0.717, 1.165) is 36.6 Å². The molecule has 1 atom stereocenters. The first kappa shape index (κ1) is 20.4. The van der Waals surface area contributed by atoms with Crippen LogP contribution in [0.5, 0.6) is 0 Å². The minimum Gasteiger partial charge on any atom is -0.465 e. The smallest absolute Gasteiger partial charge is 0.306 e. The van der Waals surface area contributed by atoms with Crippen LogP contribution in [0, 0.1) is 5.92 Å². The molecule has 1 aliphatic rings. The highest BCUT2D eigenvalue weighted by atomic mass is 35.5. The average Bonchev–Trinajstić information content (AvgIpc) is 2.56. The molecule has 1 aliphatic heterocycles. The molecule has 6 heteroatoms. The fourth-order valence-corrected chi connectivity index (χ4v) is 3.96. The Balaban J connectivity index is 1.72. The van der Waals surface area contributed by atoms with Gasteiger partial charge in [-0.25, -0.2) is 4.98 Å². The quantitative estimate of drug-likeness (QED) is 0.388. The summed E-state index contributed by atoms with van der Waals surface area (Å²) in [6.07, 6.45) is 7.98. The second-order valence-corrected chi connectivity index (χ2v) is 8.00. The van der Waals surface area contributed by atoms with E-state index in [1.54, 1.807) is 18.0 Å². The van der Waals surface area contributed by atoms with Gasteiger partial charge in [-0.1, -0.05) is 44.7 Å². The molecule has 25 heavy (non-hydrogen) atoms. The fourth-order valence-electron chi connectivity index (χ4n) is 2.70. The SMILES string of the molecule is CCCCC(CC)COC(=O)CCSc1ccnc(N2CCC2)c1Cl. The molecule has 1 aromatic rings. The van der Waals surface area contributed by atoms with Crippen LogP contribution in [-0.2, 0) is 9.53 Å². The molecule has 0 amide bonds. The number of esters is 1. The molecule has 0 aromatic carbocycles. The molecule has 1 aromatic heterocycles. The van der Waals surface area contributed by atoms with Gasteiger partial charge in [0.05, 0.1) is 18.1 Å². The second-order valence-electron chi connectivity index (χ2n) is 6.49. The lowest BCUT2D eigenvalue weighted by atomic mass is 10.0. The van der Waals surface area contributed by atoms with E-state index < -0.39 is 0 Å². The van der Waals surface area contributed by atoms with Gasteiger partial charge in [0, 0.05) is 29.9 Å². The van der Waals surface area contributed by atoms with Crippen molar-refractivity contribution in [3.63, 3.8) is 0 Å². The van der Waals surface area contributed by atoms with Gasteiger partial charge in [-0.3, -0.25) is 4.79 Å². The number of hydrogen-bond donors (Lipinski definition) is 0. The summed E-state index contributed by atoms with van der Waals surface area (Å²) in [5.74, 6) is 1.91. The summed E-state index contributed by atoms with van der Waals surface area (Å²) in [6, 6.07) is 1.92. The van der Waals surface area contributed by atoms with Crippen LogP contribution in [0.4, 0.5) is 5.82 Å². The number of halogens is 1. The molecule has 0 bridgehead atoms. The number of nitrogens with zero attached hydrogens (tertiary/aromatic N) is 2. The monoisotopic (exact) mass is 384 g/mol. The molecule has 140 valence electrons. The summed E-state index contributed by atoms with van der Waals surface area (Å²) in [5, 5.41) is 0.700. The average molecular weight is 385 g/mol. The van der Waals surface area contributed by atoms with Gasteiger partial charge in [0.15, 0.2) is 0 Å². The number of aromatic nitrogens is 1. The molecule has 0 N–H and O–H groups in total. The van der Waals surface area contributed by atoms with E-state index >= 15 is 0 Å². The first-order valence-electron chi connectivity index (χ1n) is 9.33. The van der Waals surface area contributed by atoms with Crippen molar-refractivity contribution in [1.29, 1.82) is 0 Å². The number of unbranched alkanes of at least 4 members (excludes halogenated alkanes) is 1. The van der Waals surface area contributed by atoms with Crippen molar-refractivity contribution in [2.75, 3.05) is 30.3 Å². The number of pyridine rings is 1. The van der Waals surface area contributed by atoms with E-state index in [-0.39, 0.29) is 5.97 Å². The van der Waals surface area contributed by atoms with Crippen molar-refractivity contribution in [1.82, 2.24) is 4.98 Å². The standard InChI is InChI=1S/C19H29ClN2O2S/c1-3-5-7-15(4-2)14-24-17(23)9-13-25-16-8-10-21-19(18(16)20)22-11-6-12-22/h8,10,15H,3-7,9,11-14H2,1-2H3. The molecule has 1 saturated heterocycles. The van der Waals surface area contributed by atoms with Crippen LogP contribution < -0.4 is 4.90 Å². The summed E-state index contributed by atoms with van der Waals surface area (Å²) < 4.78 is 5.44. The number of anilines is 1. The van der Waals surface area contributed by atoms with Crippen LogP contribution >= 0.6 is 23.4 Å². The van der Waals surface area contributed by atoms with Gasteiger partial charge in [-0.05, 0) is 24.8 Å². The fraction of sp³-hybridized carbons (Fsp3) is 0.684. The third kappa shape index (κ3) is 6.37. The van der Waals surface area contributed by atoms with Crippen LogP contribution in [0.1, 0.15) is 52.4 Å². The van der Waals surface area contributed by atoms with Gasteiger partial charge >= 0.3 is 5.97 Å². The van der Waals surface area contributed by atoms with Gasteiger partial charge in [0.25, 0.3) is 0 Å². The Morgan fingerprint density at radius 3 is 2.88 bits per heavy atom. The van der Waals surface area contributed by atoms with E-state index in [1.165, 1.54) is 19.3 Å². The van der Waals surface area contributed by atoms with Crippen molar-refractivity contribution < 1.29 is 9.53 Å². The van der Waals surface area contributed by atoms with Crippen LogP contribution in [0.15, 0.2) is 17.2 Å². The Morgan fingerprint density at radius 1 is 1.44 bits per heavy atom. The second kappa shape index (κ2) is 10.9. The zero-order valence-electron chi connectivity index (χ0n) is 15.3. The third-order valence-electron chi connectivity index (χ3n) is 4.58. The number of carbonyl (C=O) groups is 1. The minimum atomic E-state index is -0.115. The lowest BCUT2D eigenvalue weighted by Crippen LogP contribution is -2.37. The maximum absolute atomic E-state index is 12.0. The Kier molecular flexibility index (Phi) is 8.90. The van der Waals surface area contributed by atoms with Crippen LogP contribution in [-0.4, -0.2) is 36.4 Å². The Bertz CT molecular complexity index is 552. The van der Waals surface area contributed by atoms with Crippen molar-refractivity contribution >= 4 is 35.1 Å². The first-order chi connectivity index (χ1) is 12.2. The van der Waals surface area contributed by atoms with Crippen molar-refractivity contribution in [2.45, 2.75) is 57.3 Å². The molecule has 2 rings (SSSR count). The molecule has 1 unspecified atom stereocenters. The molecule has 0 radical (unpaired) electrons. The largest absolute Gasteiger partial charge is 0.465 e. The summed E-state index contributed by atoms with van der Waals surface area (Å²) in [7, 11) is 0. The molecule has 1 fully saturated rings. The molecule has 2 heterocycles. The van der Waals surface area contributed by atoms with Crippen LogP contribution in [0.3, 0.4) is 0 Å². The molecular formula is C19H29ClN2O2S. The third-order valence-corrected chi connectivity index (χ3v) is 6.12. The highest BCUT2D eigenvalue weighted by molar-refractivity contribution is 7.99. The van der Waals surface area contributed by atoms with Crippen molar-refractivity contribution in [2.24, 2.45) is 5.92 Å². The number of hydrogen-bond acceptors (Lipinski definition) is 5. The highest BCUT2D eigenvalue weighted by Gasteiger charge is 2.20. The normalized spacial score (nSPS) is 14.9. The van der Waals surface area contributed by atoms with Crippen molar-refractivity contribution in [3.05, 3.63) is 17.3 Å². The number of carbonyl (C=O) groups excluding carboxylic acids is 1. The zero-order valence-corrected chi connectivity index (χ0v) is 16.9. The first-order valence-corrected chi connectivity index (χ1v) is 10.7. The summed E-state index contributed by atoms with van der Waals surface area (Å²) >= 11 is 8.06. The van der Waals surface area contributed by atoms with Gasteiger partial charge in [0.1, 0.15) is 5.82 Å². The van der Waals surface area contributed by atoms with Gasteiger partial charge in [-0.15, -0.1) is 11.8 Å². The predicted octanol–water partition coefficient (Wildman–Crippen LogP) is 5.19.